The number of carboxylic acids is 1. The third-order valence-electron chi connectivity index (χ3n) is 2.57. The summed E-state index contributed by atoms with van der Waals surface area (Å²) in [5.41, 5.74) is 5.39. The Morgan fingerprint density at radius 3 is 2.41 bits per heavy atom. The molecule has 5 N–H and O–H groups in total. The molecule has 0 aliphatic rings. The number of nitrogens with one attached hydrogen (secondary N) is 1. The van der Waals surface area contributed by atoms with Gasteiger partial charge in [0.25, 0.3) is 0 Å². The first kappa shape index (κ1) is 15.9. The van der Waals surface area contributed by atoms with Gasteiger partial charge in [0.15, 0.2) is 0 Å². The molecule has 0 bridgehead atoms. The lowest BCUT2D eigenvalue weighted by Gasteiger charge is -2.14. The highest BCUT2D eigenvalue weighted by molar-refractivity contribution is 5.83. The Balaban J connectivity index is 3.93. The van der Waals surface area contributed by atoms with Crippen molar-refractivity contribution in [3.63, 3.8) is 0 Å². The molecule has 6 heteroatoms. The van der Waals surface area contributed by atoms with E-state index in [-0.39, 0.29) is 25.4 Å². The molecular weight excluding hydrogens is 224 g/mol. The lowest BCUT2D eigenvalue weighted by atomic mass is 10.0. The van der Waals surface area contributed by atoms with Crippen molar-refractivity contribution in [3.8, 4) is 0 Å². The largest absolute Gasteiger partial charge is 0.480 e. The van der Waals surface area contributed by atoms with Crippen molar-refractivity contribution in [2.45, 2.75) is 38.6 Å². The molecule has 0 spiro atoms. The molecule has 0 aliphatic carbocycles. The summed E-state index contributed by atoms with van der Waals surface area (Å²) in [6.07, 6.45) is 1.86. The third kappa shape index (κ3) is 7.70. The second-order valence-electron chi connectivity index (χ2n) is 4.19. The molecule has 0 aliphatic heterocycles. The lowest BCUT2D eigenvalue weighted by Crippen LogP contribution is -2.41. The van der Waals surface area contributed by atoms with Crippen molar-refractivity contribution in [3.05, 3.63) is 0 Å². The molecule has 17 heavy (non-hydrogen) atoms. The molecule has 0 aromatic rings. The van der Waals surface area contributed by atoms with Gasteiger partial charge in [0, 0.05) is 19.4 Å². The van der Waals surface area contributed by atoms with Crippen molar-refractivity contribution in [2.24, 2.45) is 11.7 Å². The number of aliphatic hydroxyl groups is 1. The Morgan fingerprint density at radius 2 is 1.94 bits per heavy atom. The summed E-state index contributed by atoms with van der Waals surface area (Å²) in [6, 6.07) is -1.00. The monoisotopic (exact) mass is 246 g/mol. The first-order valence-electron chi connectivity index (χ1n) is 5.84. The van der Waals surface area contributed by atoms with Crippen LogP contribution in [0.15, 0.2) is 0 Å². The highest BCUT2D eigenvalue weighted by Crippen LogP contribution is 2.09. The van der Waals surface area contributed by atoms with E-state index < -0.39 is 12.0 Å². The van der Waals surface area contributed by atoms with Crippen LogP contribution in [0.25, 0.3) is 0 Å². The highest BCUT2D eigenvalue weighted by atomic mass is 16.4. The predicted octanol–water partition coefficient (Wildman–Crippen LogP) is -0.297. The molecule has 0 aromatic heterocycles. The van der Waals surface area contributed by atoms with Crippen molar-refractivity contribution in [1.29, 1.82) is 0 Å². The van der Waals surface area contributed by atoms with Crippen molar-refractivity contribution in [1.82, 2.24) is 5.32 Å². The van der Waals surface area contributed by atoms with Crippen LogP contribution in [0, 0.1) is 5.92 Å². The van der Waals surface area contributed by atoms with Gasteiger partial charge in [-0.1, -0.05) is 6.92 Å². The quantitative estimate of drug-likeness (QED) is 0.446. The average molecular weight is 246 g/mol. The van der Waals surface area contributed by atoms with E-state index in [1.54, 1.807) is 0 Å². The second kappa shape index (κ2) is 8.95. The summed E-state index contributed by atoms with van der Waals surface area (Å²) in [5.74, 6) is -1.07. The Labute approximate surface area is 101 Å². The summed E-state index contributed by atoms with van der Waals surface area (Å²) in [5, 5.41) is 19.8. The van der Waals surface area contributed by atoms with Crippen molar-refractivity contribution >= 4 is 11.9 Å². The molecule has 0 rings (SSSR count). The van der Waals surface area contributed by atoms with Gasteiger partial charge in [0.1, 0.15) is 6.04 Å². The number of rotatable bonds is 9. The van der Waals surface area contributed by atoms with Crippen LogP contribution in [-0.4, -0.2) is 41.3 Å². The number of carbonyl (C=O) groups excluding carboxylic acids is 1. The van der Waals surface area contributed by atoms with Gasteiger partial charge in [-0.25, -0.2) is 4.79 Å². The van der Waals surface area contributed by atoms with Gasteiger partial charge in [-0.3, -0.25) is 4.79 Å². The van der Waals surface area contributed by atoms with E-state index in [2.05, 4.69) is 5.32 Å². The molecule has 0 fully saturated rings. The van der Waals surface area contributed by atoms with Crippen molar-refractivity contribution < 1.29 is 19.8 Å². The first-order chi connectivity index (χ1) is 8.01. The van der Waals surface area contributed by atoms with E-state index in [0.29, 0.717) is 18.9 Å². The second-order valence-corrected chi connectivity index (χ2v) is 4.19. The number of amides is 1. The highest BCUT2D eigenvalue weighted by Gasteiger charge is 2.19. The van der Waals surface area contributed by atoms with Crippen LogP contribution in [0.5, 0.6) is 0 Å². The number of nitrogens with two attached hydrogens (primary N) is 1. The van der Waals surface area contributed by atoms with E-state index in [1.165, 1.54) is 0 Å². The van der Waals surface area contributed by atoms with Gasteiger partial charge in [0.05, 0.1) is 0 Å². The van der Waals surface area contributed by atoms with Crippen LogP contribution in [0.4, 0.5) is 0 Å². The summed E-state index contributed by atoms with van der Waals surface area (Å²) < 4.78 is 0. The first-order valence-corrected chi connectivity index (χ1v) is 5.84. The lowest BCUT2D eigenvalue weighted by molar-refractivity contribution is -0.142. The van der Waals surface area contributed by atoms with Crippen LogP contribution in [0.3, 0.4) is 0 Å². The zero-order valence-corrected chi connectivity index (χ0v) is 10.2. The van der Waals surface area contributed by atoms with E-state index in [1.807, 2.05) is 6.92 Å². The number of hydrogen-bond donors (Lipinski definition) is 4. The molecule has 1 amide bonds. The third-order valence-corrected chi connectivity index (χ3v) is 2.57. The maximum Gasteiger partial charge on any atom is 0.326 e. The van der Waals surface area contributed by atoms with E-state index in [4.69, 9.17) is 15.9 Å². The van der Waals surface area contributed by atoms with Gasteiger partial charge in [-0.2, -0.15) is 0 Å². The van der Waals surface area contributed by atoms with Gasteiger partial charge in [0.2, 0.25) is 5.91 Å². The molecule has 0 aromatic carbocycles. The normalized spacial score (nSPS) is 14.1. The SMILES string of the molecule is CC(CCN)CCC(=O)N[C@@H](CCO)C(=O)O. The maximum absolute atomic E-state index is 11.5. The zero-order valence-electron chi connectivity index (χ0n) is 10.2. The molecular formula is C11H22N2O4. The van der Waals surface area contributed by atoms with Crippen LogP contribution < -0.4 is 11.1 Å². The smallest absolute Gasteiger partial charge is 0.326 e. The number of carboxylic acid groups (broad SMARTS) is 1. The van der Waals surface area contributed by atoms with Crippen LogP contribution in [-0.2, 0) is 9.59 Å². The maximum atomic E-state index is 11.5. The fraction of sp³-hybridized carbons (Fsp3) is 0.818. The Morgan fingerprint density at radius 1 is 1.29 bits per heavy atom. The minimum Gasteiger partial charge on any atom is -0.480 e. The molecule has 0 radical (unpaired) electrons. The van der Waals surface area contributed by atoms with Crippen molar-refractivity contribution in [2.75, 3.05) is 13.2 Å². The fourth-order valence-corrected chi connectivity index (χ4v) is 1.46. The van der Waals surface area contributed by atoms with Crippen LogP contribution in [0.2, 0.25) is 0 Å². The molecule has 0 heterocycles. The Bertz CT molecular complexity index is 246. The summed E-state index contributed by atoms with van der Waals surface area (Å²) >= 11 is 0. The molecule has 100 valence electrons. The van der Waals surface area contributed by atoms with Crippen LogP contribution >= 0.6 is 0 Å². The fourth-order valence-electron chi connectivity index (χ4n) is 1.46. The Kier molecular flexibility index (Phi) is 8.35. The summed E-state index contributed by atoms with van der Waals surface area (Å²) in [7, 11) is 0. The molecule has 0 saturated heterocycles. The minimum atomic E-state index is -1.12. The van der Waals surface area contributed by atoms with Gasteiger partial charge >= 0.3 is 5.97 Å². The van der Waals surface area contributed by atoms with Crippen LogP contribution in [0.1, 0.15) is 32.6 Å². The summed E-state index contributed by atoms with van der Waals surface area (Å²) in [4.78, 5) is 22.2. The summed E-state index contributed by atoms with van der Waals surface area (Å²) in [6.45, 7) is 2.33. The van der Waals surface area contributed by atoms with Gasteiger partial charge in [-0.15, -0.1) is 0 Å². The van der Waals surface area contributed by atoms with Gasteiger partial charge in [-0.05, 0) is 25.3 Å². The topological polar surface area (TPSA) is 113 Å². The van der Waals surface area contributed by atoms with E-state index in [9.17, 15) is 9.59 Å². The molecule has 6 nitrogen and oxygen atoms in total. The number of aliphatic carboxylic acids is 1. The minimum absolute atomic E-state index is 0.0272. The molecule has 2 atom stereocenters. The molecule has 0 saturated carbocycles. The number of aliphatic hydroxyl groups excluding tert-OH is 1. The number of carbonyl (C=O) groups is 2. The van der Waals surface area contributed by atoms with E-state index >= 15 is 0 Å². The Hall–Kier alpha value is -1.14. The standard InChI is InChI=1S/C11H22N2O4/c1-8(4-6-12)2-3-10(15)13-9(5-7-14)11(16)17/h8-9,14H,2-7,12H2,1H3,(H,13,15)(H,16,17)/t8?,9-/m0/s1. The average Bonchev–Trinajstić information content (AvgIpc) is 2.26. The van der Waals surface area contributed by atoms with E-state index in [0.717, 1.165) is 6.42 Å². The predicted molar refractivity (Wildman–Crippen MR) is 63.3 cm³/mol. The molecule has 1 unspecified atom stereocenters. The number of hydrogen-bond acceptors (Lipinski definition) is 4. The van der Waals surface area contributed by atoms with Gasteiger partial charge < -0.3 is 21.3 Å². The zero-order chi connectivity index (χ0) is 13.3.